The van der Waals surface area contributed by atoms with Crippen LogP contribution in [0.25, 0.3) is 0 Å². The Balaban J connectivity index is 2.30. The number of urea groups is 1. The molecule has 0 saturated carbocycles. The Morgan fingerprint density at radius 3 is 2.95 bits per heavy atom. The molecular weight excluding hydrogens is 299 g/mol. The van der Waals surface area contributed by atoms with E-state index in [1.54, 1.807) is 25.3 Å². The molecule has 0 unspecified atom stereocenters. The van der Waals surface area contributed by atoms with E-state index in [1.807, 2.05) is 0 Å². The zero-order valence-corrected chi connectivity index (χ0v) is 12.6. The van der Waals surface area contributed by atoms with Gasteiger partial charge in [0.05, 0.1) is 12.1 Å². The van der Waals surface area contributed by atoms with Crippen LogP contribution in [0.15, 0.2) is 24.8 Å². The van der Waals surface area contributed by atoms with E-state index in [0.717, 1.165) is 11.1 Å². The third-order valence-electron chi connectivity index (χ3n) is 3.43. The van der Waals surface area contributed by atoms with E-state index < -0.39 is 12.1 Å². The summed E-state index contributed by atoms with van der Waals surface area (Å²) in [6, 6.07) is 2.67. The molecule has 20 heavy (non-hydrogen) atoms. The molecule has 108 valence electrons. The normalized spacial score (nSPS) is 20.4. The van der Waals surface area contributed by atoms with Crippen molar-refractivity contribution < 1.29 is 9.90 Å². The number of aliphatic hydroxyl groups excluding tert-OH is 1. The number of carbonyl (C=O) groups is 1. The van der Waals surface area contributed by atoms with Crippen LogP contribution < -0.4 is 5.32 Å². The zero-order valence-electron chi connectivity index (χ0n) is 11.1. The molecule has 0 radical (unpaired) electrons. The third kappa shape index (κ3) is 2.77. The molecule has 1 aliphatic rings. The molecule has 0 bridgehead atoms. The number of hydrogen-bond donors (Lipinski definition) is 2. The van der Waals surface area contributed by atoms with Gasteiger partial charge >= 0.3 is 6.03 Å². The molecule has 1 aliphatic carbocycles. The molecule has 0 saturated heterocycles. The quantitative estimate of drug-likeness (QED) is 0.843. The summed E-state index contributed by atoms with van der Waals surface area (Å²) < 4.78 is 0. The molecule has 2 N–H and O–H groups in total. The number of nitrogens with one attached hydrogen (secondary N) is 1. The molecule has 1 aromatic rings. The number of nitrogens with zero attached hydrogens (tertiary/aromatic N) is 1. The fourth-order valence-corrected chi connectivity index (χ4v) is 3.09. The number of carbonyl (C=O) groups excluding carboxylic acids is 1. The van der Waals surface area contributed by atoms with Gasteiger partial charge in [-0.2, -0.15) is 0 Å². The van der Waals surface area contributed by atoms with Crippen molar-refractivity contribution in [3.63, 3.8) is 0 Å². The van der Waals surface area contributed by atoms with Crippen molar-refractivity contribution in [2.75, 3.05) is 13.6 Å². The summed E-state index contributed by atoms with van der Waals surface area (Å²) in [7, 11) is 1.64. The van der Waals surface area contributed by atoms with E-state index in [9.17, 15) is 9.90 Å². The highest BCUT2D eigenvalue weighted by molar-refractivity contribution is 6.35. The van der Waals surface area contributed by atoms with Crippen LogP contribution in [-0.2, 0) is 6.42 Å². The van der Waals surface area contributed by atoms with E-state index in [4.69, 9.17) is 23.2 Å². The monoisotopic (exact) mass is 314 g/mol. The Labute approximate surface area is 128 Å². The minimum Gasteiger partial charge on any atom is -0.390 e. The first kappa shape index (κ1) is 15.2. The molecule has 2 amide bonds. The van der Waals surface area contributed by atoms with Crippen LogP contribution in [0.5, 0.6) is 0 Å². The van der Waals surface area contributed by atoms with Crippen molar-refractivity contribution in [3.05, 3.63) is 46.0 Å². The molecule has 0 fully saturated rings. The predicted molar refractivity (Wildman–Crippen MR) is 80.3 cm³/mol. The van der Waals surface area contributed by atoms with Crippen molar-refractivity contribution in [1.29, 1.82) is 0 Å². The van der Waals surface area contributed by atoms with Crippen molar-refractivity contribution >= 4 is 29.2 Å². The van der Waals surface area contributed by atoms with Crippen LogP contribution in [0.1, 0.15) is 17.2 Å². The average molecular weight is 315 g/mol. The van der Waals surface area contributed by atoms with Gasteiger partial charge in [-0.05, 0) is 23.3 Å². The third-order valence-corrected chi connectivity index (χ3v) is 3.98. The van der Waals surface area contributed by atoms with Crippen LogP contribution in [0, 0.1) is 0 Å². The Kier molecular flexibility index (Phi) is 4.58. The summed E-state index contributed by atoms with van der Waals surface area (Å²) in [5, 5.41) is 13.9. The second-order valence-electron chi connectivity index (χ2n) is 4.76. The van der Waals surface area contributed by atoms with E-state index in [1.165, 1.54) is 4.90 Å². The first-order valence-corrected chi connectivity index (χ1v) is 6.98. The van der Waals surface area contributed by atoms with Crippen LogP contribution in [0.4, 0.5) is 4.79 Å². The van der Waals surface area contributed by atoms with E-state index >= 15 is 0 Å². The van der Waals surface area contributed by atoms with Crippen LogP contribution in [-0.4, -0.2) is 35.7 Å². The first-order chi connectivity index (χ1) is 9.45. The fourth-order valence-electron chi connectivity index (χ4n) is 2.51. The maximum atomic E-state index is 12.0. The number of benzene rings is 1. The molecule has 4 nitrogen and oxygen atoms in total. The van der Waals surface area contributed by atoms with Gasteiger partial charge in [0, 0.05) is 30.1 Å². The van der Waals surface area contributed by atoms with E-state index in [-0.39, 0.29) is 6.03 Å². The highest BCUT2D eigenvalue weighted by Gasteiger charge is 2.37. The van der Waals surface area contributed by atoms with Crippen molar-refractivity contribution in [1.82, 2.24) is 10.2 Å². The largest absolute Gasteiger partial charge is 0.390 e. The summed E-state index contributed by atoms with van der Waals surface area (Å²) in [5.74, 6) is 0. The molecule has 2 atom stereocenters. The fraction of sp³-hybridized carbons (Fsp3) is 0.357. The van der Waals surface area contributed by atoms with Gasteiger partial charge in [-0.3, -0.25) is 0 Å². The van der Waals surface area contributed by atoms with Crippen LogP contribution in [0.3, 0.4) is 0 Å². The molecular formula is C14H16Cl2N2O2. The van der Waals surface area contributed by atoms with E-state index in [0.29, 0.717) is 23.0 Å². The van der Waals surface area contributed by atoms with Crippen molar-refractivity contribution in [2.45, 2.75) is 18.6 Å². The van der Waals surface area contributed by atoms with Gasteiger partial charge in [0.1, 0.15) is 0 Å². The lowest BCUT2D eigenvalue weighted by Crippen LogP contribution is -2.42. The zero-order chi connectivity index (χ0) is 14.9. The van der Waals surface area contributed by atoms with Gasteiger partial charge in [-0.1, -0.05) is 29.3 Å². The highest BCUT2D eigenvalue weighted by atomic mass is 35.5. The molecule has 2 rings (SSSR count). The average Bonchev–Trinajstić information content (AvgIpc) is 2.71. The van der Waals surface area contributed by atoms with Gasteiger partial charge in [0.15, 0.2) is 0 Å². The minimum absolute atomic E-state index is 0.280. The molecule has 0 aromatic heterocycles. The summed E-state index contributed by atoms with van der Waals surface area (Å²) >= 11 is 12.2. The number of likely N-dealkylation sites (N-methyl/N-ethyl adjacent to an activating group) is 1. The van der Waals surface area contributed by atoms with Gasteiger partial charge in [-0.25, -0.2) is 4.79 Å². The lowest BCUT2D eigenvalue weighted by atomic mass is 10.1. The number of amides is 2. The molecule has 0 heterocycles. The lowest BCUT2D eigenvalue weighted by Gasteiger charge is -2.28. The van der Waals surface area contributed by atoms with Crippen LogP contribution in [0.2, 0.25) is 10.0 Å². The van der Waals surface area contributed by atoms with Crippen molar-refractivity contribution in [2.24, 2.45) is 0 Å². The number of hydrogen-bond acceptors (Lipinski definition) is 2. The minimum atomic E-state index is -0.694. The predicted octanol–water partition coefficient (Wildman–Crippen LogP) is 2.78. The van der Waals surface area contributed by atoms with Crippen LogP contribution >= 0.6 is 23.2 Å². The standard InChI is InChI=1S/C14H16Cl2N2O2/c1-3-4-17-14(20)18(2)13-10-5-8(15)6-11(16)9(10)7-12(13)19/h3,5-6,12-13,19H,1,4,7H2,2H3,(H,17,20)/t12-,13+/m0/s1. The van der Waals surface area contributed by atoms with Gasteiger partial charge < -0.3 is 15.3 Å². The number of halogens is 2. The van der Waals surface area contributed by atoms with Crippen molar-refractivity contribution in [3.8, 4) is 0 Å². The lowest BCUT2D eigenvalue weighted by molar-refractivity contribution is 0.0896. The summed E-state index contributed by atoms with van der Waals surface area (Å²) in [6.45, 7) is 3.92. The Bertz CT molecular complexity index is 548. The Hall–Kier alpha value is -1.23. The Morgan fingerprint density at radius 1 is 1.60 bits per heavy atom. The van der Waals surface area contributed by atoms with Gasteiger partial charge in [-0.15, -0.1) is 6.58 Å². The highest BCUT2D eigenvalue weighted by Crippen LogP contribution is 2.40. The summed E-state index contributed by atoms with van der Waals surface area (Å²) in [6.07, 6.45) is 1.31. The number of fused-ring (bicyclic) bond motifs is 1. The summed E-state index contributed by atoms with van der Waals surface area (Å²) in [5.41, 5.74) is 1.64. The SMILES string of the molecule is C=CCNC(=O)N(C)[C@@H]1c2cc(Cl)cc(Cl)c2C[C@@H]1O. The molecule has 0 spiro atoms. The topological polar surface area (TPSA) is 52.6 Å². The number of aliphatic hydroxyl groups is 1. The number of rotatable bonds is 3. The molecule has 0 aliphatic heterocycles. The summed E-state index contributed by atoms with van der Waals surface area (Å²) in [4.78, 5) is 13.5. The maximum Gasteiger partial charge on any atom is 0.317 e. The molecule has 6 heteroatoms. The second-order valence-corrected chi connectivity index (χ2v) is 5.60. The second kappa shape index (κ2) is 6.04. The van der Waals surface area contributed by atoms with Gasteiger partial charge in [0.25, 0.3) is 0 Å². The first-order valence-electron chi connectivity index (χ1n) is 6.23. The van der Waals surface area contributed by atoms with Gasteiger partial charge in [0.2, 0.25) is 0 Å². The smallest absolute Gasteiger partial charge is 0.317 e. The Morgan fingerprint density at radius 2 is 2.30 bits per heavy atom. The van der Waals surface area contributed by atoms with E-state index in [2.05, 4.69) is 11.9 Å². The molecule has 1 aromatic carbocycles. The maximum absolute atomic E-state index is 12.0.